The molecule has 0 spiro atoms. The molecule has 2 rings (SSSR count). The largest absolute Gasteiger partial charge is 0.396 e. The van der Waals surface area contributed by atoms with E-state index in [0.29, 0.717) is 6.54 Å². The van der Waals surface area contributed by atoms with E-state index in [1.165, 1.54) is 0 Å². The molecule has 19 heavy (non-hydrogen) atoms. The van der Waals surface area contributed by atoms with Gasteiger partial charge in [0.05, 0.1) is 0 Å². The first-order valence-electron chi connectivity index (χ1n) is 6.47. The zero-order chi connectivity index (χ0) is 13.7. The number of carbonyl (C=O) groups excluding carboxylic acids is 1. The van der Waals surface area contributed by atoms with E-state index in [0.717, 1.165) is 29.3 Å². The third kappa shape index (κ3) is 4.18. The van der Waals surface area contributed by atoms with E-state index in [2.05, 4.69) is 21.2 Å². The Morgan fingerprint density at radius 2 is 2.16 bits per heavy atom. The summed E-state index contributed by atoms with van der Waals surface area (Å²) in [5.41, 5.74) is 1.14. The molecule has 102 valence electrons. The summed E-state index contributed by atoms with van der Waals surface area (Å²) in [6.45, 7) is 0.857. The van der Waals surface area contributed by atoms with Crippen molar-refractivity contribution in [2.24, 2.45) is 5.41 Å². The molecule has 1 aromatic carbocycles. The molecule has 4 heteroatoms. The fourth-order valence-electron chi connectivity index (χ4n) is 2.04. The number of rotatable bonds is 6. The molecule has 1 aliphatic rings. The van der Waals surface area contributed by atoms with Crippen molar-refractivity contribution in [3.05, 3.63) is 40.4 Å². The number of carbonyl (C=O) groups is 1. The molecule has 1 amide bonds. The summed E-state index contributed by atoms with van der Waals surface area (Å²) < 4.78 is 0.970. The Hall–Kier alpha value is -1.13. The number of halogens is 1. The molecule has 0 heterocycles. The molecule has 0 aromatic heterocycles. The van der Waals surface area contributed by atoms with Crippen LogP contribution >= 0.6 is 15.9 Å². The van der Waals surface area contributed by atoms with Gasteiger partial charge in [-0.1, -0.05) is 34.1 Å². The SMILES string of the molecule is O=C(/C=C/c1ccccc1Br)NCC1(CCO)CC1. The van der Waals surface area contributed by atoms with Crippen molar-refractivity contribution < 1.29 is 9.90 Å². The second-order valence-corrected chi connectivity index (χ2v) is 5.90. The Morgan fingerprint density at radius 3 is 2.79 bits per heavy atom. The van der Waals surface area contributed by atoms with E-state index in [1.54, 1.807) is 12.2 Å². The van der Waals surface area contributed by atoms with Crippen molar-refractivity contribution in [3.8, 4) is 0 Å². The van der Waals surface area contributed by atoms with Gasteiger partial charge in [0, 0.05) is 23.7 Å². The lowest BCUT2D eigenvalue weighted by molar-refractivity contribution is -0.116. The molecule has 0 atom stereocenters. The number of aliphatic hydroxyl groups is 1. The predicted molar refractivity (Wildman–Crippen MR) is 79.6 cm³/mol. The lowest BCUT2D eigenvalue weighted by atomic mass is 10.0. The fourth-order valence-corrected chi connectivity index (χ4v) is 2.46. The summed E-state index contributed by atoms with van der Waals surface area (Å²) in [5.74, 6) is -0.0834. The average molecular weight is 324 g/mol. The summed E-state index contributed by atoms with van der Waals surface area (Å²) in [7, 11) is 0. The summed E-state index contributed by atoms with van der Waals surface area (Å²) in [5, 5.41) is 11.9. The number of benzene rings is 1. The van der Waals surface area contributed by atoms with Crippen LogP contribution in [0.5, 0.6) is 0 Å². The van der Waals surface area contributed by atoms with Gasteiger partial charge in [-0.25, -0.2) is 0 Å². The molecular formula is C15H18BrNO2. The highest BCUT2D eigenvalue weighted by atomic mass is 79.9. The first kappa shape index (κ1) is 14.3. The van der Waals surface area contributed by atoms with Crippen LogP contribution in [0.2, 0.25) is 0 Å². The number of hydrogen-bond acceptors (Lipinski definition) is 2. The van der Waals surface area contributed by atoms with E-state index in [4.69, 9.17) is 5.11 Å². The highest BCUT2D eigenvalue weighted by Crippen LogP contribution is 2.47. The zero-order valence-electron chi connectivity index (χ0n) is 10.7. The van der Waals surface area contributed by atoms with Gasteiger partial charge in [0.1, 0.15) is 0 Å². The van der Waals surface area contributed by atoms with E-state index in [9.17, 15) is 4.79 Å². The Kier molecular flexibility index (Phi) is 4.77. The first-order valence-corrected chi connectivity index (χ1v) is 7.26. The number of nitrogens with one attached hydrogen (secondary N) is 1. The standard InChI is InChI=1S/C15H18BrNO2/c16-13-4-2-1-3-12(13)5-6-14(19)17-11-15(7-8-15)9-10-18/h1-6,18H,7-11H2,(H,17,19)/b6-5+. The van der Waals surface area contributed by atoms with E-state index in [-0.39, 0.29) is 17.9 Å². The van der Waals surface area contributed by atoms with Crippen molar-refractivity contribution in [2.75, 3.05) is 13.2 Å². The zero-order valence-corrected chi connectivity index (χ0v) is 12.3. The summed E-state index contributed by atoms with van der Waals surface area (Å²) in [6, 6.07) is 7.76. The lowest BCUT2D eigenvalue weighted by Crippen LogP contribution is -2.29. The molecule has 1 saturated carbocycles. The highest BCUT2D eigenvalue weighted by Gasteiger charge is 2.41. The summed E-state index contributed by atoms with van der Waals surface area (Å²) >= 11 is 3.44. The van der Waals surface area contributed by atoms with Crippen molar-refractivity contribution in [2.45, 2.75) is 19.3 Å². The molecule has 3 nitrogen and oxygen atoms in total. The van der Waals surface area contributed by atoms with Crippen LogP contribution in [0.3, 0.4) is 0 Å². The molecule has 0 saturated heterocycles. The van der Waals surface area contributed by atoms with Crippen molar-refractivity contribution in [1.82, 2.24) is 5.32 Å². The molecule has 0 aliphatic heterocycles. The average Bonchev–Trinajstić information content (AvgIpc) is 3.16. The van der Waals surface area contributed by atoms with Gasteiger partial charge >= 0.3 is 0 Å². The minimum atomic E-state index is -0.0834. The second kappa shape index (κ2) is 6.35. The van der Waals surface area contributed by atoms with Crippen molar-refractivity contribution >= 4 is 27.9 Å². The number of aliphatic hydroxyl groups excluding tert-OH is 1. The van der Waals surface area contributed by atoms with Gasteiger partial charge in [-0.05, 0) is 42.4 Å². The third-order valence-electron chi connectivity index (χ3n) is 3.56. The minimum Gasteiger partial charge on any atom is -0.396 e. The van der Waals surface area contributed by atoms with Crippen LogP contribution in [0.1, 0.15) is 24.8 Å². The third-order valence-corrected chi connectivity index (χ3v) is 4.28. The van der Waals surface area contributed by atoms with Gasteiger partial charge in [-0.2, -0.15) is 0 Å². The number of hydrogen-bond donors (Lipinski definition) is 2. The Balaban J connectivity index is 1.83. The van der Waals surface area contributed by atoms with E-state index >= 15 is 0 Å². The molecular weight excluding hydrogens is 306 g/mol. The van der Waals surface area contributed by atoms with Crippen LogP contribution < -0.4 is 5.32 Å². The maximum absolute atomic E-state index is 11.7. The molecule has 1 aromatic rings. The van der Waals surface area contributed by atoms with Crippen LogP contribution in [0.4, 0.5) is 0 Å². The van der Waals surface area contributed by atoms with Crippen molar-refractivity contribution in [3.63, 3.8) is 0 Å². The molecule has 1 aliphatic carbocycles. The topological polar surface area (TPSA) is 49.3 Å². The predicted octanol–water partition coefficient (Wildman–Crippen LogP) is 2.74. The Bertz CT molecular complexity index is 481. The van der Waals surface area contributed by atoms with Gasteiger partial charge in [-0.15, -0.1) is 0 Å². The Labute approximate surface area is 121 Å². The van der Waals surface area contributed by atoms with Crippen LogP contribution in [0.25, 0.3) is 6.08 Å². The maximum atomic E-state index is 11.7. The summed E-state index contributed by atoms with van der Waals surface area (Å²) in [6.07, 6.45) is 6.32. The molecule has 0 bridgehead atoms. The quantitative estimate of drug-likeness (QED) is 0.791. The van der Waals surface area contributed by atoms with Gasteiger partial charge < -0.3 is 10.4 Å². The Morgan fingerprint density at radius 1 is 1.42 bits per heavy atom. The highest BCUT2D eigenvalue weighted by molar-refractivity contribution is 9.10. The fraction of sp³-hybridized carbons (Fsp3) is 0.400. The monoisotopic (exact) mass is 323 g/mol. The maximum Gasteiger partial charge on any atom is 0.244 e. The van der Waals surface area contributed by atoms with E-state index in [1.807, 2.05) is 24.3 Å². The normalized spacial score (nSPS) is 16.5. The second-order valence-electron chi connectivity index (χ2n) is 5.05. The number of amides is 1. The van der Waals surface area contributed by atoms with Gasteiger partial charge in [0.15, 0.2) is 0 Å². The van der Waals surface area contributed by atoms with Crippen LogP contribution in [-0.4, -0.2) is 24.2 Å². The molecule has 0 unspecified atom stereocenters. The van der Waals surface area contributed by atoms with Gasteiger partial charge in [0.2, 0.25) is 5.91 Å². The lowest BCUT2D eigenvalue weighted by Gasteiger charge is -2.13. The van der Waals surface area contributed by atoms with Gasteiger partial charge in [0.25, 0.3) is 0 Å². The van der Waals surface area contributed by atoms with E-state index < -0.39 is 0 Å². The van der Waals surface area contributed by atoms with Crippen LogP contribution in [0, 0.1) is 5.41 Å². The molecule has 0 radical (unpaired) electrons. The van der Waals surface area contributed by atoms with Gasteiger partial charge in [-0.3, -0.25) is 4.79 Å². The van der Waals surface area contributed by atoms with Crippen molar-refractivity contribution in [1.29, 1.82) is 0 Å². The smallest absolute Gasteiger partial charge is 0.244 e. The molecule has 2 N–H and O–H groups in total. The first-order chi connectivity index (χ1) is 9.15. The van der Waals surface area contributed by atoms with Crippen LogP contribution in [0.15, 0.2) is 34.8 Å². The van der Waals surface area contributed by atoms with Crippen LogP contribution in [-0.2, 0) is 4.79 Å². The summed E-state index contributed by atoms with van der Waals surface area (Å²) in [4.78, 5) is 11.7. The molecule has 1 fully saturated rings. The minimum absolute atomic E-state index is 0.0834.